The summed E-state index contributed by atoms with van der Waals surface area (Å²) < 4.78 is 52.7. The summed E-state index contributed by atoms with van der Waals surface area (Å²) in [5.41, 5.74) is 2.96. The SMILES string of the molecule is Cc1ccc(N(CC(=O)Nc2cccc(N(C)S(C)(=O)=O)c2)S(=O)(=O)c2ccccc2)cc1C. The number of hydrogen-bond donors (Lipinski definition) is 1. The molecule has 0 bridgehead atoms. The van der Waals surface area contributed by atoms with Gasteiger partial charge in [-0.3, -0.25) is 13.4 Å². The molecule has 0 heterocycles. The van der Waals surface area contributed by atoms with Gasteiger partial charge in [0.1, 0.15) is 6.54 Å². The summed E-state index contributed by atoms with van der Waals surface area (Å²) in [5.74, 6) is -0.572. The molecule has 3 rings (SSSR count). The van der Waals surface area contributed by atoms with Crippen molar-refractivity contribution in [2.75, 3.05) is 33.8 Å². The summed E-state index contributed by atoms with van der Waals surface area (Å²) in [7, 11) is -6.10. The number of nitrogens with zero attached hydrogens (tertiary/aromatic N) is 2. The second-order valence-corrected chi connectivity index (χ2v) is 11.8. The standard InChI is InChI=1S/C24H27N3O5S2/c1-18-13-14-22(15-19(18)2)27(34(31,32)23-11-6-5-7-12-23)17-24(28)25-20-9-8-10-21(16-20)26(3)33(4,29)30/h5-16H,17H2,1-4H3,(H,25,28). The number of benzene rings is 3. The molecular weight excluding hydrogens is 474 g/mol. The second-order valence-electron chi connectivity index (χ2n) is 7.92. The van der Waals surface area contributed by atoms with Gasteiger partial charge < -0.3 is 5.32 Å². The molecule has 0 aliphatic rings. The fourth-order valence-electron chi connectivity index (χ4n) is 3.22. The Hall–Kier alpha value is -3.37. The van der Waals surface area contributed by atoms with E-state index >= 15 is 0 Å². The number of aryl methyl sites for hydroxylation is 2. The average molecular weight is 502 g/mol. The van der Waals surface area contributed by atoms with Crippen LogP contribution in [0.1, 0.15) is 11.1 Å². The van der Waals surface area contributed by atoms with E-state index in [1.165, 1.54) is 25.2 Å². The molecule has 0 fully saturated rings. The number of anilines is 3. The fourth-order valence-corrected chi connectivity index (χ4v) is 5.15. The third kappa shape index (κ3) is 5.75. The second kappa shape index (κ2) is 9.86. The number of sulfonamides is 2. The third-order valence-electron chi connectivity index (χ3n) is 5.39. The Morgan fingerprint density at radius 3 is 2.12 bits per heavy atom. The van der Waals surface area contributed by atoms with Crippen LogP contribution in [-0.4, -0.2) is 42.6 Å². The smallest absolute Gasteiger partial charge is 0.264 e. The lowest BCUT2D eigenvalue weighted by Crippen LogP contribution is -2.38. The predicted molar refractivity (Wildman–Crippen MR) is 135 cm³/mol. The Morgan fingerprint density at radius 2 is 1.50 bits per heavy atom. The molecule has 0 saturated carbocycles. The minimum Gasteiger partial charge on any atom is -0.324 e. The number of carbonyl (C=O) groups is 1. The zero-order valence-electron chi connectivity index (χ0n) is 19.4. The van der Waals surface area contributed by atoms with Crippen LogP contribution in [0.15, 0.2) is 77.7 Å². The Labute approximate surface area is 200 Å². The molecule has 0 radical (unpaired) electrons. The van der Waals surface area contributed by atoms with Gasteiger partial charge in [-0.05, 0) is 67.4 Å². The van der Waals surface area contributed by atoms with Crippen LogP contribution in [0.25, 0.3) is 0 Å². The summed E-state index contributed by atoms with van der Waals surface area (Å²) in [4.78, 5) is 13.0. The van der Waals surface area contributed by atoms with Crippen LogP contribution in [0.2, 0.25) is 0 Å². The Morgan fingerprint density at radius 1 is 0.824 bits per heavy atom. The van der Waals surface area contributed by atoms with Gasteiger partial charge >= 0.3 is 0 Å². The number of nitrogens with one attached hydrogen (secondary N) is 1. The molecule has 0 atom stereocenters. The number of hydrogen-bond acceptors (Lipinski definition) is 5. The first-order chi connectivity index (χ1) is 15.9. The molecule has 0 unspecified atom stereocenters. The molecule has 3 aromatic rings. The van der Waals surface area contributed by atoms with E-state index in [-0.39, 0.29) is 4.90 Å². The van der Waals surface area contributed by atoms with E-state index in [9.17, 15) is 21.6 Å². The summed E-state index contributed by atoms with van der Waals surface area (Å²) >= 11 is 0. The van der Waals surface area contributed by atoms with Crippen molar-refractivity contribution in [1.82, 2.24) is 0 Å². The summed E-state index contributed by atoms with van der Waals surface area (Å²) in [6.45, 7) is 3.32. The lowest BCUT2D eigenvalue weighted by atomic mass is 10.1. The molecule has 1 amide bonds. The molecule has 180 valence electrons. The lowest BCUT2D eigenvalue weighted by Gasteiger charge is -2.25. The van der Waals surface area contributed by atoms with Crippen molar-refractivity contribution in [2.24, 2.45) is 0 Å². The van der Waals surface area contributed by atoms with Gasteiger partial charge in [0.05, 0.1) is 22.5 Å². The van der Waals surface area contributed by atoms with Crippen LogP contribution in [0.4, 0.5) is 17.1 Å². The molecule has 0 aromatic heterocycles. The average Bonchev–Trinajstić information content (AvgIpc) is 2.79. The van der Waals surface area contributed by atoms with Crippen LogP contribution in [0.3, 0.4) is 0 Å². The molecule has 0 saturated heterocycles. The maximum absolute atomic E-state index is 13.4. The molecule has 0 aliphatic heterocycles. The summed E-state index contributed by atoms with van der Waals surface area (Å²) in [6, 6.07) is 19.4. The number of amides is 1. The van der Waals surface area contributed by atoms with E-state index in [0.717, 1.165) is 26.0 Å². The van der Waals surface area contributed by atoms with Gasteiger partial charge in [0, 0.05) is 12.7 Å². The number of rotatable bonds is 8. The van der Waals surface area contributed by atoms with Crippen LogP contribution in [0, 0.1) is 13.8 Å². The highest BCUT2D eigenvalue weighted by atomic mass is 32.2. The third-order valence-corrected chi connectivity index (χ3v) is 8.38. The van der Waals surface area contributed by atoms with Crippen molar-refractivity contribution in [1.29, 1.82) is 0 Å². The van der Waals surface area contributed by atoms with Crippen LogP contribution < -0.4 is 13.9 Å². The zero-order valence-corrected chi connectivity index (χ0v) is 21.0. The summed E-state index contributed by atoms with van der Waals surface area (Å²) in [5, 5.41) is 2.67. The monoisotopic (exact) mass is 501 g/mol. The van der Waals surface area contributed by atoms with Gasteiger partial charge in [0.2, 0.25) is 15.9 Å². The van der Waals surface area contributed by atoms with Gasteiger partial charge in [0.25, 0.3) is 10.0 Å². The van der Waals surface area contributed by atoms with Gasteiger partial charge in [0.15, 0.2) is 0 Å². The number of carbonyl (C=O) groups excluding carboxylic acids is 1. The van der Waals surface area contributed by atoms with Crippen molar-refractivity contribution in [3.63, 3.8) is 0 Å². The van der Waals surface area contributed by atoms with Crippen molar-refractivity contribution in [2.45, 2.75) is 18.7 Å². The van der Waals surface area contributed by atoms with E-state index in [4.69, 9.17) is 0 Å². The Kier molecular flexibility index (Phi) is 7.32. The van der Waals surface area contributed by atoms with Crippen molar-refractivity contribution >= 4 is 43.0 Å². The van der Waals surface area contributed by atoms with Crippen molar-refractivity contribution in [3.8, 4) is 0 Å². The van der Waals surface area contributed by atoms with E-state index < -0.39 is 32.5 Å². The minimum absolute atomic E-state index is 0.0674. The zero-order chi connectivity index (χ0) is 25.1. The van der Waals surface area contributed by atoms with Crippen molar-refractivity contribution < 1.29 is 21.6 Å². The maximum atomic E-state index is 13.4. The molecule has 3 aromatic carbocycles. The lowest BCUT2D eigenvalue weighted by molar-refractivity contribution is -0.114. The minimum atomic E-state index is -4.03. The summed E-state index contributed by atoms with van der Waals surface area (Å²) in [6.07, 6.45) is 1.08. The Balaban J connectivity index is 1.93. The molecule has 1 N–H and O–H groups in total. The highest BCUT2D eigenvalue weighted by Crippen LogP contribution is 2.26. The van der Waals surface area contributed by atoms with Crippen LogP contribution >= 0.6 is 0 Å². The molecular formula is C24H27N3O5S2. The highest BCUT2D eigenvalue weighted by Gasteiger charge is 2.27. The van der Waals surface area contributed by atoms with Crippen molar-refractivity contribution in [3.05, 3.63) is 83.9 Å². The largest absolute Gasteiger partial charge is 0.324 e. The van der Waals surface area contributed by atoms with E-state index in [0.29, 0.717) is 17.1 Å². The molecule has 8 nitrogen and oxygen atoms in total. The van der Waals surface area contributed by atoms with E-state index in [1.54, 1.807) is 54.6 Å². The van der Waals surface area contributed by atoms with Gasteiger partial charge in [-0.15, -0.1) is 0 Å². The molecule has 34 heavy (non-hydrogen) atoms. The quantitative estimate of drug-likeness (QED) is 0.509. The highest BCUT2D eigenvalue weighted by molar-refractivity contribution is 7.93. The normalized spacial score (nSPS) is 11.6. The first kappa shape index (κ1) is 25.3. The maximum Gasteiger partial charge on any atom is 0.264 e. The predicted octanol–water partition coefficient (Wildman–Crippen LogP) is 3.53. The first-order valence-corrected chi connectivity index (χ1v) is 13.7. The van der Waals surface area contributed by atoms with Crippen LogP contribution in [0.5, 0.6) is 0 Å². The van der Waals surface area contributed by atoms with Crippen LogP contribution in [-0.2, 0) is 24.8 Å². The topological polar surface area (TPSA) is 104 Å². The van der Waals surface area contributed by atoms with Gasteiger partial charge in [-0.2, -0.15) is 0 Å². The molecule has 0 aliphatic carbocycles. The Bertz CT molecular complexity index is 1410. The fraction of sp³-hybridized carbons (Fsp3) is 0.208. The first-order valence-electron chi connectivity index (χ1n) is 10.4. The van der Waals surface area contributed by atoms with Gasteiger partial charge in [-0.25, -0.2) is 16.8 Å². The van der Waals surface area contributed by atoms with E-state index in [1.807, 2.05) is 13.8 Å². The van der Waals surface area contributed by atoms with E-state index in [2.05, 4.69) is 5.32 Å². The molecule has 10 heteroatoms. The van der Waals surface area contributed by atoms with Gasteiger partial charge in [-0.1, -0.05) is 30.3 Å². The molecule has 0 spiro atoms.